The zero-order valence-corrected chi connectivity index (χ0v) is 26.0. The van der Waals surface area contributed by atoms with Gasteiger partial charge < -0.3 is 0 Å². The number of hydrogen-bond donors (Lipinski definition) is 1. The van der Waals surface area contributed by atoms with Crippen LogP contribution in [0.4, 0.5) is 0 Å². The fourth-order valence-electron chi connectivity index (χ4n) is 6.01. The lowest BCUT2D eigenvalue weighted by molar-refractivity contribution is 0.353. The summed E-state index contributed by atoms with van der Waals surface area (Å²) in [5, 5.41) is 6.04. The van der Waals surface area contributed by atoms with E-state index in [1.165, 1.54) is 5.56 Å². The molecule has 3 nitrogen and oxygen atoms in total. The zero-order chi connectivity index (χ0) is 29.8. The van der Waals surface area contributed by atoms with Gasteiger partial charge in [-0.25, -0.2) is 4.55 Å². The van der Waals surface area contributed by atoms with Crippen molar-refractivity contribution in [3.63, 3.8) is 0 Å². The van der Waals surface area contributed by atoms with E-state index < -0.39 is 20.4 Å². The van der Waals surface area contributed by atoms with Crippen molar-refractivity contribution in [2.75, 3.05) is 0 Å². The van der Waals surface area contributed by atoms with Crippen molar-refractivity contribution >= 4 is 52.7 Å². The predicted octanol–water partition coefficient (Wildman–Crippen LogP) is 10.8. The molecule has 0 aliphatic carbocycles. The van der Waals surface area contributed by atoms with E-state index in [9.17, 15) is 8.76 Å². The van der Waals surface area contributed by atoms with Crippen LogP contribution in [-0.2, 0) is 18.8 Å². The van der Waals surface area contributed by atoms with E-state index in [-0.39, 0.29) is 10.3 Å². The van der Waals surface area contributed by atoms with Crippen LogP contribution in [0.1, 0.15) is 26.3 Å². The van der Waals surface area contributed by atoms with Crippen LogP contribution in [0.3, 0.4) is 0 Å². The Bertz CT molecular complexity index is 2150. The molecule has 214 valence electrons. The van der Waals surface area contributed by atoms with Gasteiger partial charge in [0.05, 0.1) is 14.7 Å². The SMILES string of the molecule is CC(C)(C)c1ccc(S([O+]=S(=O)(O)c2ccc3ccc4cccc5ccc2c3c45)(c2ccccc2)c2ccccc2)cc1. The summed E-state index contributed by atoms with van der Waals surface area (Å²) >= 11 is 0. The van der Waals surface area contributed by atoms with Gasteiger partial charge >= 0.3 is 10.1 Å². The quantitative estimate of drug-likeness (QED) is 0.121. The number of benzene rings is 7. The van der Waals surface area contributed by atoms with Gasteiger partial charge in [0.25, 0.3) is 0 Å². The molecule has 0 saturated heterocycles. The Morgan fingerprint density at radius 1 is 0.535 bits per heavy atom. The molecule has 0 amide bonds. The Kier molecular flexibility index (Phi) is 6.58. The molecule has 1 atom stereocenters. The zero-order valence-electron chi connectivity index (χ0n) is 24.4. The maximum absolute atomic E-state index is 14.8. The molecule has 0 radical (unpaired) electrons. The van der Waals surface area contributed by atoms with Gasteiger partial charge in [-0.3, -0.25) is 0 Å². The summed E-state index contributed by atoms with van der Waals surface area (Å²) in [4.78, 5) is 2.85. The van der Waals surface area contributed by atoms with Crippen molar-refractivity contribution in [3.8, 4) is 0 Å². The standard InChI is InChI=1S/C38H32O3S2/c1-38(2,3)30-21-23-33(24-22-30)42(31-13-6-4-7-14-31,32-15-8-5-9-16-32)41-43(39,40)35-26-20-29-18-17-27-11-10-12-28-19-25-34(35)37(29)36(27)28/h4-26H,1-3H3/p+1. The first-order chi connectivity index (χ1) is 20.7. The fraction of sp³-hybridized carbons (Fsp3) is 0.105. The lowest BCUT2D eigenvalue weighted by atomic mass is 9.87. The molecule has 43 heavy (non-hydrogen) atoms. The minimum Gasteiger partial charge on any atom is -0.241 e. The van der Waals surface area contributed by atoms with Crippen LogP contribution in [0, 0.1) is 0 Å². The molecule has 0 heterocycles. The van der Waals surface area contributed by atoms with E-state index in [2.05, 4.69) is 69.3 Å². The normalized spacial score (nSPS) is 14.2. The largest absolute Gasteiger partial charge is 0.455 e. The second-order valence-electron chi connectivity index (χ2n) is 11.9. The topological polar surface area (TPSA) is 48.6 Å². The molecule has 1 N–H and O–H groups in total. The molecule has 1 unspecified atom stereocenters. The minimum absolute atomic E-state index is 0.0386. The Morgan fingerprint density at radius 3 is 1.58 bits per heavy atom. The van der Waals surface area contributed by atoms with E-state index in [1.807, 2.05) is 84.9 Å². The highest BCUT2D eigenvalue weighted by Crippen LogP contribution is 2.68. The molecule has 0 fully saturated rings. The maximum Gasteiger partial charge on any atom is 0.455 e. The highest BCUT2D eigenvalue weighted by Gasteiger charge is 2.46. The van der Waals surface area contributed by atoms with Crippen LogP contribution < -0.4 is 0 Å². The van der Waals surface area contributed by atoms with Crippen LogP contribution in [0.2, 0.25) is 0 Å². The average molecular weight is 602 g/mol. The van der Waals surface area contributed by atoms with Crippen LogP contribution in [-0.4, -0.2) is 8.76 Å². The van der Waals surface area contributed by atoms with Gasteiger partial charge in [-0.05, 0) is 80.4 Å². The van der Waals surface area contributed by atoms with Crippen LogP contribution in [0.25, 0.3) is 32.3 Å². The van der Waals surface area contributed by atoms with Gasteiger partial charge in [0.1, 0.15) is 0 Å². The fourth-order valence-corrected chi connectivity index (χ4v) is 11.5. The third kappa shape index (κ3) is 4.60. The molecule has 0 aliphatic heterocycles. The Labute approximate surface area is 254 Å². The molecular formula is C38H33O3S2+. The lowest BCUT2D eigenvalue weighted by Gasteiger charge is -2.27. The molecule has 0 aliphatic rings. The van der Waals surface area contributed by atoms with Crippen molar-refractivity contribution in [1.82, 2.24) is 0 Å². The minimum atomic E-state index is -4.04. The summed E-state index contributed by atoms with van der Waals surface area (Å²) in [5.74, 6) is 0. The summed E-state index contributed by atoms with van der Waals surface area (Å²) in [7, 11) is -6.69. The van der Waals surface area contributed by atoms with E-state index in [1.54, 1.807) is 6.07 Å². The van der Waals surface area contributed by atoms with Crippen LogP contribution >= 0.6 is 10.3 Å². The Hall–Kier alpha value is -4.16. The van der Waals surface area contributed by atoms with Crippen molar-refractivity contribution in [2.24, 2.45) is 0 Å². The third-order valence-corrected chi connectivity index (χ3v) is 13.4. The van der Waals surface area contributed by atoms with Gasteiger partial charge in [0.15, 0.2) is 15.2 Å². The highest BCUT2D eigenvalue weighted by molar-refractivity contribution is 8.30. The lowest BCUT2D eigenvalue weighted by Crippen LogP contribution is -2.13. The van der Waals surface area contributed by atoms with E-state index in [0.717, 1.165) is 47.0 Å². The monoisotopic (exact) mass is 601 g/mol. The molecule has 7 aromatic carbocycles. The highest BCUT2D eigenvalue weighted by atomic mass is 32.3. The summed E-state index contributed by atoms with van der Waals surface area (Å²) in [6.45, 7) is 6.55. The molecule has 7 rings (SSSR count). The molecule has 0 bridgehead atoms. The first-order valence-corrected chi connectivity index (χ1v) is 17.4. The average Bonchev–Trinajstić information content (AvgIpc) is 3.03. The van der Waals surface area contributed by atoms with Gasteiger partial charge in [0.2, 0.25) is 0 Å². The molecule has 0 spiro atoms. The molecule has 0 saturated carbocycles. The number of rotatable bonds is 5. The van der Waals surface area contributed by atoms with Gasteiger partial charge in [-0.15, -0.1) is 7.49 Å². The van der Waals surface area contributed by atoms with Crippen LogP contribution in [0.15, 0.2) is 159 Å². The van der Waals surface area contributed by atoms with Gasteiger partial charge in [-0.1, -0.05) is 118 Å². The number of hydrogen-bond acceptors (Lipinski definition) is 1. The maximum atomic E-state index is 14.8. The van der Waals surface area contributed by atoms with Crippen molar-refractivity contribution in [2.45, 2.75) is 45.8 Å². The second kappa shape index (κ2) is 10.2. The van der Waals surface area contributed by atoms with Crippen molar-refractivity contribution in [3.05, 3.63) is 145 Å². The molecule has 5 heteroatoms. The van der Waals surface area contributed by atoms with Crippen molar-refractivity contribution < 1.29 is 12.0 Å². The molecular weight excluding hydrogens is 569 g/mol. The summed E-state index contributed by atoms with van der Waals surface area (Å²) < 4.78 is 33.8. The third-order valence-electron chi connectivity index (χ3n) is 8.16. The van der Waals surface area contributed by atoms with Crippen LogP contribution in [0.5, 0.6) is 0 Å². The smallest absolute Gasteiger partial charge is 0.241 e. The first kappa shape index (κ1) is 27.7. The van der Waals surface area contributed by atoms with E-state index in [0.29, 0.717) is 0 Å². The Morgan fingerprint density at radius 2 is 1.02 bits per heavy atom. The van der Waals surface area contributed by atoms with E-state index >= 15 is 0 Å². The molecule has 7 aromatic rings. The molecule has 0 aromatic heterocycles. The second-order valence-corrected chi connectivity index (χ2v) is 16.4. The predicted molar refractivity (Wildman–Crippen MR) is 180 cm³/mol. The van der Waals surface area contributed by atoms with Crippen molar-refractivity contribution in [1.29, 1.82) is 0 Å². The Balaban J connectivity index is 1.57. The summed E-state index contributed by atoms with van der Waals surface area (Å²) in [6, 6.07) is 46.2. The first-order valence-electron chi connectivity index (χ1n) is 14.4. The van der Waals surface area contributed by atoms with E-state index in [4.69, 9.17) is 3.29 Å². The summed E-state index contributed by atoms with van der Waals surface area (Å²) in [5.41, 5.74) is 1.14. The van der Waals surface area contributed by atoms with Gasteiger partial charge in [0, 0.05) is 5.39 Å². The summed E-state index contributed by atoms with van der Waals surface area (Å²) in [6.07, 6.45) is 0. The van der Waals surface area contributed by atoms with Gasteiger partial charge in [-0.2, -0.15) is 0 Å².